The predicted molar refractivity (Wildman–Crippen MR) is 122 cm³/mol. The first-order chi connectivity index (χ1) is 17.4. The van der Waals surface area contributed by atoms with Crippen LogP contribution in [0.2, 0.25) is 0 Å². The molecule has 13 nitrogen and oxygen atoms in total. The SMILES string of the molecule is COc1cccc(/C=C(\O[C@H]2O[C@@H](COC(C)=O)[C@@H](OC(C)=O)[C@@H](OC(C)=O)[C@@H]2OC(C)=O)C(=O)O)c1. The van der Waals surface area contributed by atoms with Gasteiger partial charge in [0.05, 0.1) is 7.11 Å². The number of hydrogen-bond donors (Lipinski definition) is 1. The molecule has 1 saturated heterocycles. The number of methoxy groups -OCH3 is 1. The molecule has 1 fully saturated rings. The van der Waals surface area contributed by atoms with Crippen molar-refractivity contribution < 1.29 is 62.2 Å². The molecule has 0 saturated carbocycles. The van der Waals surface area contributed by atoms with Gasteiger partial charge in [-0.05, 0) is 23.8 Å². The van der Waals surface area contributed by atoms with Crippen LogP contribution >= 0.6 is 0 Å². The van der Waals surface area contributed by atoms with Crippen LogP contribution in [-0.4, -0.2) is 79.4 Å². The molecular formula is C24H28O13. The van der Waals surface area contributed by atoms with E-state index in [4.69, 9.17) is 33.2 Å². The predicted octanol–water partition coefficient (Wildman–Crippen LogP) is 1.22. The van der Waals surface area contributed by atoms with E-state index in [1.807, 2.05) is 0 Å². The standard InChI is InChI=1S/C24H28O13/c1-12(25)32-11-19-20(33-13(2)26)21(34-14(3)27)22(35-15(4)28)24(37-19)36-18(23(29)30)10-16-7-6-8-17(9-16)31-5/h6-10,19-22,24H,11H2,1-5H3,(H,29,30)/b18-10-/t19-,20+,21+,22-,24-/m0/s1. The van der Waals surface area contributed by atoms with Crippen molar-refractivity contribution in [2.75, 3.05) is 13.7 Å². The van der Waals surface area contributed by atoms with E-state index < -0.39 is 72.9 Å². The highest BCUT2D eigenvalue weighted by molar-refractivity contribution is 5.90. The molecule has 0 aromatic heterocycles. The van der Waals surface area contributed by atoms with Crippen LogP contribution in [0.25, 0.3) is 6.08 Å². The van der Waals surface area contributed by atoms with E-state index in [2.05, 4.69) is 0 Å². The molecule has 1 N–H and O–H groups in total. The molecule has 0 unspecified atom stereocenters. The molecule has 202 valence electrons. The van der Waals surface area contributed by atoms with E-state index >= 15 is 0 Å². The molecule has 1 aliphatic heterocycles. The summed E-state index contributed by atoms with van der Waals surface area (Å²) in [6.07, 6.45) is -6.29. The summed E-state index contributed by atoms with van der Waals surface area (Å²) in [6.45, 7) is 3.84. The van der Waals surface area contributed by atoms with E-state index in [-0.39, 0.29) is 0 Å². The summed E-state index contributed by atoms with van der Waals surface area (Å²) in [5, 5.41) is 9.77. The third-order valence-electron chi connectivity index (χ3n) is 4.79. The van der Waals surface area contributed by atoms with Gasteiger partial charge in [-0.1, -0.05) is 12.1 Å². The first-order valence-corrected chi connectivity index (χ1v) is 11.0. The Balaban J connectivity index is 2.54. The number of carboxylic acids is 1. The largest absolute Gasteiger partial charge is 0.497 e. The Bertz CT molecular complexity index is 1050. The van der Waals surface area contributed by atoms with Crippen LogP contribution in [0, 0.1) is 0 Å². The van der Waals surface area contributed by atoms with Gasteiger partial charge in [-0.3, -0.25) is 19.2 Å². The van der Waals surface area contributed by atoms with Gasteiger partial charge in [0.25, 0.3) is 0 Å². The topological polar surface area (TPSA) is 170 Å². The number of rotatable bonds is 10. The number of carbonyl (C=O) groups is 5. The van der Waals surface area contributed by atoms with Crippen molar-refractivity contribution in [1.82, 2.24) is 0 Å². The second kappa shape index (κ2) is 13.3. The zero-order valence-corrected chi connectivity index (χ0v) is 20.8. The Morgan fingerprint density at radius 1 is 0.865 bits per heavy atom. The molecule has 0 bridgehead atoms. The van der Waals surface area contributed by atoms with E-state index in [9.17, 15) is 29.1 Å². The third-order valence-corrected chi connectivity index (χ3v) is 4.79. The molecule has 5 atom stereocenters. The Hall–Kier alpha value is -4.13. The molecular weight excluding hydrogens is 496 g/mol. The lowest BCUT2D eigenvalue weighted by atomic mass is 9.98. The quantitative estimate of drug-likeness (QED) is 0.201. The highest BCUT2D eigenvalue weighted by atomic mass is 16.7. The van der Waals surface area contributed by atoms with E-state index in [1.54, 1.807) is 24.3 Å². The zero-order valence-electron chi connectivity index (χ0n) is 20.8. The Morgan fingerprint density at radius 2 is 1.46 bits per heavy atom. The highest BCUT2D eigenvalue weighted by Gasteiger charge is 2.53. The first kappa shape index (κ1) is 29.1. The minimum Gasteiger partial charge on any atom is -0.497 e. The second-order valence-electron chi connectivity index (χ2n) is 7.78. The van der Waals surface area contributed by atoms with Crippen molar-refractivity contribution >= 4 is 35.9 Å². The van der Waals surface area contributed by atoms with Crippen LogP contribution in [0.4, 0.5) is 0 Å². The van der Waals surface area contributed by atoms with E-state index in [0.717, 1.165) is 27.7 Å². The number of ether oxygens (including phenoxy) is 7. The Labute approximate surface area is 212 Å². The Kier molecular flexibility index (Phi) is 10.4. The molecule has 0 radical (unpaired) electrons. The Morgan fingerprint density at radius 3 is 2.00 bits per heavy atom. The van der Waals surface area contributed by atoms with Crippen LogP contribution < -0.4 is 4.74 Å². The monoisotopic (exact) mass is 524 g/mol. The lowest BCUT2D eigenvalue weighted by molar-refractivity contribution is -0.299. The zero-order chi connectivity index (χ0) is 27.7. The van der Waals surface area contributed by atoms with Gasteiger partial charge in [0.1, 0.15) is 18.5 Å². The molecule has 0 spiro atoms. The fraction of sp³-hybridized carbons (Fsp3) is 0.458. The molecule has 1 aromatic rings. The first-order valence-electron chi connectivity index (χ1n) is 11.0. The summed E-state index contributed by atoms with van der Waals surface area (Å²) in [6, 6.07) is 6.40. The minimum absolute atomic E-state index is 0.391. The average molecular weight is 524 g/mol. The second-order valence-corrected chi connectivity index (χ2v) is 7.78. The van der Waals surface area contributed by atoms with Gasteiger partial charge in [0.15, 0.2) is 12.2 Å². The van der Waals surface area contributed by atoms with Gasteiger partial charge < -0.3 is 38.3 Å². The van der Waals surface area contributed by atoms with Crippen molar-refractivity contribution in [3.05, 3.63) is 35.6 Å². The van der Waals surface area contributed by atoms with Crippen molar-refractivity contribution in [3.63, 3.8) is 0 Å². The molecule has 37 heavy (non-hydrogen) atoms. The summed E-state index contributed by atoms with van der Waals surface area (Å²) in [7, 11) is 1.44. The van der Waals surface area contributed by atoms with E-state index in [0.29, 0.717) is 11.3 Å². The molecule has 2 rings (SSSR count). The number of carbonyl (C=O) groups excluding carboxylic acids is 4. The molecule has 0 aliphatic carbocycles. The molecule has 1 heterocycles. The molecule has 1 aromatic carbocycles. The highest BCUT2D eigenvalue weighted by Crippen LogP contribution is 2.31. The number of hydrogen-bond acceptors (Lipinski definition) is 12. The van der Waals surface area contributed by atoms with Gasteiger partial charge in [-0.15, -0.1) is 0 Å². The average Bonchev–Trinajstić information content (AvgIpc) is 2.80. The maximum Gasteiger partial charge on any atom is 0.371 e. The van der Waals surface area contributed by atoms with Crippen LogP contribution in [-0.2, 0) is 52.4 Å². The lowest BCUT2D eigenvalue weighted by Gasteiger charge is -2.43. The van der Waals surface area contributed by atoms with Crippen molar-refractivity contribution in [3.8, 4) is 5.75 Å². The van der Waals surface area contributed by atoms with Crippen LogP contribution in [0.15, 0.2) is 30.0 Å². The van der Waals surface area contributed by atoms with Gasteiger partial charge >= 0.3 is 29.8 Å². The maximum absolute atomic E-state index is 12.0. The fourth-order valence-electron chi connectivity index (χ4n) is 3.44. The van der Waals surface area contributed by atoms with Gasteiger partial charge in [-0.25, -0.2) is 4.79 Å². The normalized spacial score (nSPS) is 23.3. The smallest absolute Gasteiger partial charge is 0.371 e. The number of aliphatic carboxylic acids is 1. The van der Waals surface area contributed by atoms with E-state index in [1.165, 1.54) is 13.2 Å². The van der Waals surface area contributed by atoms with Gasteiger partial charge in [0, 0.05) is 27.7 Å². The van der Waals surface area contributed by atoms with Crippen LogP contribution in [0.5, 0.6) is 5.75 Å². The minimum atomic E-state index is -1.69. The summed E-state index contributed by atoms with van der Waals surface area (Å²) in [5.74, 6) is -4.87. The van der Waals surface area contributed by atoms with Crippen LogP contribution in [0.3, 0.4) is 0 Å². The fourth-order valence-corrected chi connectivity index (χ4v) is 3.44. The summed E-state index contributed by atoms with van der Waals surface area (Å²) < 4.78 is 37.3. The maximum atomic E-state index is 12.0. The summed E-state index contributed by atoms with van der Waals surface area (Å²) >= 11 is 0. The number of esters is 4. The van der Waals surface area contributed by atoms with Crippen molar-refractivity contribution in [2.24, 2.45) is 0 Å². The summed E-state index contributed by atoms with van der Waals surface area (Å²) in [4.78, 5) is 59.0. The summed E-state index contributed by atoms with van der Waals surface area (Å²) in [5.41, 5.74) is 0.391. The molecule has 1 aliphatic rings. The van der Waals surface area contributed by atoms with Crippen LogP contribution in [0.1, 0.15) is 33.3 Å². The molecule has 13 heteroatoms. The number of benzene rings is 1. The third kappa shape index (κ3) is 8.79. The van der Waals surface area contributed by atoms with Gasteiger partial charge in [-0.2, -0.15) is 0 Å². The van der Waals surface area contributed by atoms with Crippen molar-refractivity contribution in [2.45, 2.75) is 58.4 Å². The number of carboxylic acid groups (broad SMARTS) is 1. The molecule has 0 amide bonds. The lowest BCUT2D eigenvalue weighted by Crippen LogP contribution is -2.63. The van der Waals surface area contributed by atoms with Gasteiger partial charge in [0.2, 0.25) is 18.2 Å². The van der Waals surface area contributed by atoms with Crippen molar-refractivity contribution in [1.29, 1.82) is 0 Å².